The monoisotopic (exact) mass is 273 g/mol. The van der Waals surface area contributed by atoms with Crippen molar-refractivity contribution in [3.05, 3.63) is 33.9 Å². The molecule has 1 fully saturated rings. The summed E-state index contributed by atoms with van der Waals surface area (Å²) in [7, 11) is 0. The summed E-state index contributed by atoms with van der Waals surface area (Å²) in [5.41, 5.74) is 5.40. The maximum atomic E-state index is 12.6. The SMILES string of the molecule is Cc1cc(C)c(C)c(C(=O)CN2CCC(=O)CC2)c1C. The number of rotatable bonds is 3. The van der Waals surface area contributed by atoms with Crippen LogP contribution in [0.2, 0.25) is 0 Å². The number of Topliss-reactive ketones (excluding diaryl/α,β-unsaturated/α-hetero) is 2. The first-order valence-corrected chi connectivity index (χ1v) is 7.24. The lowest BCUT2D eigenvalue weighted by Gasteiger charge is -2.26. The number of piperidine rings is 1. The molecule has 2 rings (SSSR count). The highest BCUT2D eigenvalue weighted by molar-refractivity contribution is 6.01. The number of carbonyl (C=O) groups excluding carboxylic acids is 2. The molecule has 0 aliphatic carbocycles. The molecule has 1 saturated heterocycles. The maximum Gasteiger partial charge on any atom is 0.177 e. The van der Waals surface area contributed by atoms with E-state index in [1.807, 2.05) is 13.8 Å². The number of benzene rings is 1. The Morgan fingerprint density at radius 3 is 2.05 bits per heavy atom. The maximum absolute atomic E-state index is 12.6. The predicted molar refractivity (Wildman–Crippen MR) is 80.4 cm³/mol. The van der Waals surface area contributed by atoms with E-state index in [1.165, 1.54) is 11.1 Å². The van der Waals surface area contributed by atoms with Gasteiger partial charge in [0.25, 0.3) is 0 Å². The van der Waals surface area contributed by atoms with Crippen LogP contribution in [0.25, 0.3) is 0 Å². The van der Waals surface area contributed by atoms with Gasteiger partial charge in [0, 0.05) is 31.5 Å². The van der Waals surface area contributed by atoms with E-state index in [9.17, 15) is 9.59 Å². The molecule has 108 valence electrons. The minimum atomic E-state index is 0.182. The molecule has 1 aromatic carbocycles. The van der Waals surface area contributed by atoms with Crippen molar-refractivity contribution in [3.63, 3.8) is 0 Å². The molecular weight excluding hydrogens is 250 g/mol. The molecule has 0 bridgehead atoms. The fraction of sp³-hybridized carbons (Fsp3) is 0.529. The van der Waals surface area contributed by atoms with Gasteiger partial charge in [0.1, 0.15) is 5.78 Å². The summed E-state index contributed by atoms with van der Waals surface area (Å²) in [5.74, 6) is 0.494. The summed E-state index contributed by atoms with van der Waals surface area (Å²) in [4.78, 5) is 26.0. The second-order valence-corrected chi connectivity index (χ2v) is 5.87. The lowest BCUT2D eigenvalue weighted by atomic mass is 9.91. The first-order chi connectivity index (χ1) is 9.40. The van der Waals surface area contributed by atoms with Crippen molar-refractivity contribution in [2.24, 2.45) is 0 Å². The van der Waals surface area contributed by atoms with Crippen LogP contribution in [0.4, 0.5) is 0 Å². The molecule has 1 aliphatic rings. The first kappa shape index (κ1) is 14.9. The van der Waals surface area contributed by atoms with Crippen molar-refractivity contribution >= 4 is 11.6 Å². The molecule has 0 unspecified atom stereocenters. The molecule has 0 atom stereocenters. The van der Waals surface area contributed by atoms with Crippen LogP contribution in [0.5, 0.6) is 0 Å². The lowest BCUT2D eigenvalue weighted by molar-refractivity contribution is -0.121. The predicted octanol–water partition coefficient (Wildman–Crippen LogP) is 2.77. The minimum absolute atomic E-state index is 0.182. The second-order valence-electron chi connectivity index (χ2n) is 5.87. The number of nitrogens with zero attached hydrogens (tertiary/aromatic N) is 1. The third-order valence-electron chi connectivity index (χ3n) is 4.43. The zero-order valence-electron chi connectivity index (χ0n) is 12.9. The molecule has 3 heteroatoms. The summed E-state index contributed by atoms with van der Waals surface area (Å²) >= 11 is 0. The zero-order valence-corrected chi connectivity index (χ0v) is 12.9. The lowest BCUT2D eigenvalue weighted by Crippen LogP contribution is -2.37. The van der Waals surface area contributed by atoms with Crippen molar-refractivity contribution in [3.8, 4) is 0 Å². The highest BCUT2D eigenvalue weighted by Crippen LogP contribution is 2.22. The Bertz CT molecular complexity index is 524. The summed E-state index contributed by atoms with van der Waals surface area (Å²) in [6.45, 7) is 10.0. The molecule has 0 N–H and O–H groups in total. The van der Waals surface area contributed by atoms with Crippen LogP contribution in [-0.2, 0) is 4.79 Å². The van der Waals surface area contributed by atoms with E-state index in [0.717, 1.165) is 16.7 Å². The van der Waals surface area contributed by atoms with Crippen molar-refractivity contribution in [2.75, 3.05) is 19.6 Å². The van der Waals surface area contributed by atoms with Crippen molar-refractivity contribution in [1.82, 2.24) is 4.90 Å². The van der Waals surface area contributed by atoms with E-state index in [4.69, 9.17) is 0 Å². The Hall–Kier alpha value is -1.48. The van der Waals surface area contributed by atoms with Crippen LogP contribution >= 0.6 is 0 Å². The Morgan fingerprint density at radius 1 is 1.05 bits per heavy atom. The average Bonchev–Trinajstić information content (AvgIpc) is 2.39. The van der Waals surface area contributed by atoms with Gasteiger partial charge in [-0.1, -0.05) is 6.07 Å². The van der Waals surface area contributed by atoms with Crippen LogP contribution < -0.4 is 0 Å². The summed E-state index contributed by atoms with van der Waals surface area (Å²) < 4.78 is 0. The standard InChI is InChI=1S/C17H23NO2/c1-11-9-12(2)14(4)17(13(11)3)16(20)10-18-7-5-15(19)6-8-18/h9H,5-8,10H2,1-4H3. The molecule has 20 heavy (non-hydrogen) atoms. The van der Waals surface area contributed by atoms with Crippen molar-refractivity contribution in [1.29, 1.82) is 0 Å². The third kappa shape index (κ3) is 2.98. The highest BCUT2D eigenvalue weighted by atomic mass is 16.1. The van der Waals surface area contributed by atoms with Gasteiger partial charge < -0.3 is 0 Å². The largest absolute Gasteiger partial charge is 0.300 e. The quantitative estimate of drug-likeness (QED) is 0.795. The van der Waals surface area contributed by atoms with Gasteiger partial charge in [0.05, 0.1) is 6.54 Å². The van der Waals surface area contributed by atoms with Gasteiger partial charge in [-0.05, 0) is 49.9 Å². The van der Waals surface area contributed by atoms with Gasteiger partial charge in [-0.25, -0.2) is 0 Å². The number of hydrogen-bond donors (Lipinski definition) is 0. The number of carbonyl (C=O) groups is 2. The Kier molecular flexibility index (Phi) is 4.39. The topological polar surface area (TPSA) is 37.4 Å². The molecule has 1 heterocycles. The minimum Gasteiger partial charge on any atom is -0.300 e. The number of hydrogen-bond acceptors (Lipinski definition) is 3. The van der Waals surface area contributed by atoms with Crippen LogP contribution in [0.1, 0.15) is 45.5 Å². The molecule has 0 amide bonds. The molecule has 3 nitrogen and oxygen atoms in total. The average molecular weight is 273 g/mol. The number of aryl methyl sites for hydroxylation is 2. The number of ketones is 2. The van der Waals surface area contributed by atoms with Crippen LogP contribution in [0, 0.1) is 27.7 Å². The second kappa shape index (κ2) is 5.88. The molecule has 0 saturated carbocycles. The molecule has 0 radical (unpaired) electrons. The zero-order chi connectivity index (χ0) is 14.9. The molecular formula is C17H23NO2. The fourth-order valence-electron chi connectivity index (χ4n) is 2.88. The van der Waals surface area contributed by atoms with E-state index in [-0.39, 0.29) is 5.78 Å². The van der Waals surface area contributed by atoms with Gasteiger partial charge in [0.2, 0.25) is 0 Å². The van der Waals surface area contributed by atoms with E-state index < -0.39 is 0 Å². The van der Waals surface area contributed by atoms with Gasteiger partial charge in [-0.2, -0.15) is 0 Å². The Morgan fingerprint density at radius 2 is 1.55 bits per heavy atom. The first-order valence-electron chi connectivity index (χ1n) is 7.24. The van der Waals surface area contributed by atoms with Gasteiger partial charge in [0.15, 0.2) is 5.78 Å². The van der Waals surface area contributed by atoms with E-state index in [2.05, 4.69) is 24.8 Å². The van der Waals surface area contributed by atoms with Gasteiger partial charge in [-0.15, -0.1) is 0 Å². The van der Waals surface area contributed by atoms with Gasteiger partial charge in [-0.3, -0.25) is 14.5 Å². The third-order valence-corrected chi connectivity index (χ3v) is 4.43. The molecule has 1 aliphatic heterocycles. The smallest absolute Gasteiger partial charge is 0.177 e. The fourth-order valence-corrected chi connectivity index (χ4v) is 2.88. The Balaban J connectivity index is 2.19. The van der Waals surface area contributed by atoms with E-state index in [1.54, 1.807) is 0 Å². The normalized spacial score (nSPS) is 16.5. The summed E-state index contributed by atoms with van der Waals surface area (Å²) in [5, 5.41) is 0. The molecule has 0 spiro atoms. The van der Waals surface area contributed by atoms with E-state index in [0.29, 0.717) is 38.3 Å². The summed E-state index contributed by atoms with van der Waals surface area (Å²) in [6, 6.07) is 2.14. The summed E-state index contributed by atoms with van der Waals surface area (Å²) in [6.07, 6.45) is 1.16. The van der Waals surface area contributed by atoms with Crippen LogP contribution in [-0.4, -0.2) is 36.1 Å². The highest BCUT2D eigenvalue weighted by Gasteiger charge is 2.21. The van der Waals surface area contributed by atoms with Crippen molar-refractivity contribution in [2.45, 2.75) is 40.5 Å². The molecule has 0 aromatic heterocycles. The Labute approximate surface area is 121 Å². The van der Waals surface area contributed by atoms with E-state index >= 15 is 0 Å². The van der Waals surface area contributed by atoms with Gasteiger partial charge >= 0.3 is 0 Å². The van der Waals surface area contributed by atoms with Crippen molar-refractivity contribution < 1.29 is 9.59 Å². The van der Waals surface area contributed by atoms with Crippen LogP contribution in [0.15, 0.2) is 6.07 Å². The van der Waals surface area contributed by atoms with Crippen LogP contribution in [0.3, 0.4) is 0 Å². The number of likely N-dealkylation sites (tertiary alicyclic amines) is 1. The molecule has 1 aromatic rings.